The smallest absolute Gasteiger partial charge is 0.480 e. The Balaban J connectivity index is 2.25. The predicted molar refractivity (Wildman–Crippen MR) is 71.7 cm³/mol. The second-order valence-electron chi connectivity index (χ2n) is 4.16. The molecule has 2 rings (SSSR count). The number of nitrogen functional groups attached to an aromatic ring is 1. The van der Waals surface area contributed by atoms with Gasteiger partial charge in [-0.15, -0.1) is 0 Å². The first-order valence-corrected chi connectivity index (χ1v) is 5.87. The van der Waals surface area contributed by atoms with E-state index in [1.807, 2.05) is 0 Å². The minimum atomic E-state index is -1.69. The van der Waals surface area contributed by atoms with Gasteiger partial charge in [-0.2, -0.15) is 0 Å². The van der Waals surface area contributed by atoms with Gasteiger partial charge in [0.15, 0.2) is 11.6 Å². The van der Waals surface area contributed by atoms with Crippen LogP contribution in [-0.2, 0) is 0 Å². The van der Waals surface area contributed by atoms with Gasteiger partial charge < -0.3 is 20.5 Å². The SMILES string of the molecule is C[C@@H](Oc1cc(B(O)O)cnc1N)c1ncccc1F. The van der Waals surface area contributed by atoms with Gasteiger partial charge in [0.25, 0.3) is 0 Å². The first-order valence-electron chi connectivity index (χ1n) is 5.87. The van der Waals surface area contributed by atoms with Crippen LogP contribution in [0.5, 0.6) is 5.75 Å². The molecule has 1 atom stereocenters. The van der Waals surface area contributed by atoms with E-state index >= 15 is 0 Å². The maximum Gasteiger partial charge on any atom is 0.490 e. The lowest BCUT2D eigenvalue weighted by atomic mass is 9.81. The Hall–Kier alpha value is -2.19. The molecule has 0 spiro atoms. The lowest BCUT2D eigenvalue weighted by Crippen LogP contribution is -2.30. The van der Waals surface area contributed by atoms with Crippen LogP contribution in [0.1, 0.15) is 18.7 Å². The molecule has 104 valence electrons. The molecular formula is C12H13BFN3O3. The van der Waals surface area contributed by atoms with Gasteiger partial charge in [-0.25, -0.2) is 9.37 Å². The summed E-state index contributed by atoms with van der Waals surface area (Å²) in [5, 5.41) is 18.2. The van der Waals surface area contributed by atoms with E-state index in [9.17, 15) is 4.39 Å². The molecule has 20 heavy (non-hydrogen) atoms. The Morgan fingerprint density at radius 3 is 2.80 bits per heavy atom. The van der Waals surface area contributed by atoms with Crippen LogP contribution < -0.4 is 15.9 Å². The van der Waals surface area contributed by atoms with Crippen molar-refractivity contribution in [2.45, 2.75) is 13.0 Å². The molecule has 6 nitrogen and oxygen atoms in total. The topological polar surface area (TPSA) is 101 Å². The summed E-state index contributed by atoms with van der Waals surface area (Å²) in [6.07, 6.45) is 1.97. The monoisotopic (exact) mass is 277 g/mol. The average molecular weight is 277 g/mol. The summed E-state index contributed by atoms with van der Waals surface area (Å²) < 4.78 is 19.1. The van der Waals surface area contributed by atoms with Crippen molar-refractivity contribution in [1.29, 1.82) is 0 Å². The molecule has 2 aromatic heterocycles. The fraction of sp³-hybridized carbons (Fsp3) is 0.167. The van der Waals surface area contributed by atoms with E-state index in [4.69, 9.17) is 20.5 Å². The fourth-order valence-electron chi connectivity index (χ4n) is 1.65. The van der Waals surface area contributed by atoms with Crippen molar-refractivity contribution >= 4 is 18.4 Å². The van der Waals surface area contributed by atoms with Crippen molar-refractivity contribution < 1.29 is 19.2 Å². The van der Waals surface area contributed by atoms with Crippen molar-refractivity contribution in [3.8, 4) is 5.75 Å². The maximum atomic E-state index is 13.6. The van der Waals surface area contributed by atoms with Crippen LogP contribution in [0.2, 0.25) is 0 Å². The van der Waals surface area contributed by atoms with Crippen molar-refractivity contribution in [1.82, 2.24) is 9.97 Å². The van der Waals surface area contributed by atoms with Crippen LogP contribution in [0.15, 0.2) is 30.6 Å². The number of rotatable bonds is 4. The van der Waals surface area contributed by atoms with Crippen LogP contribution in [0.4, 0.5) is 10.2 Å². The third-order valence-corrected chi connectivity index (χ3v) is 2.68. The fourth-order valence-corrected chi connectivity index (χ4v) is 1.65. The normalized spacial score (nSPS) is 12.0. The van der Waals surface area contributed by atoms with E-state index in [0.29, 0.717) is 0 Å². The van der Waals surface area contributed by atoms with Crippen molar-refractivity contribution in [2.75, 3.05) is 5.73 Å². The molecule has 0 aromatic carbocycles. The minimum Gasteiger partial charge on any atom is -0.480 e. The first-order chi connectivity index (χ1) is 9.49. The summed E-state index contributed by atoms with van der Waals surface area (Å²) in [5.74, 6) is -0.296. The number of halogens is 1. The van der Waals surface area contributed by atoms with Gasteiger partial charge >= 0.3 is 7.12 Å². The molecule has 0 bridgehead atoms. The third-order valence-electron chi connectivity index (χ3n) is 2.68. The number of nitrogens with zero attached hydrogens (tertiary/aromatic N) is 2. The number of hydrogen-bond acceptors (Lipinski definition) is 6. The number of ether oxygens (including phenoxy) is 1. The zero-order valence-corrected chi connectivity index (χ0v) is 10.7. The molecular weight excluding hydrogens is 264 g/mol. The zero-order chi connectivity index (χ0) is 14.7. The second-order valence-corrected chi connectivity index (χ2v) is 4.16. The predicted octanol–water partition coefficient (Wildman–Crippen LogP) is 0.0177. The van der Waals surface area contributed by atoms with E-state index in [2.05, 4.69) is 9.97 Å². The Morgan fingerprint density at radius 1 is 1.40 bits per heavy atom. The summed E-state index contributed by atoms with van der Waals surface area (Å²) >= 11 is 0. The minimum absolute atomic E-state index is 0.0672. The van der Waals surface area contributed by atoms with Gasteiger partial charge in [0.2, 0.25) is 0 Å². The Kier molecular flexibility index (Phi) is 4.16. The van der Waals surface area contributed by atoms with E-state index in [-0.39, 0.29) is 22.7 Å². The van der Waals surface area contributed by atoms with E-state index in [1.54, 1.807) is 6.92 Å². The molecule has 0 saturated carbocycles. The molecule has 0 fully saturated rings. The van der Waals surface area contributed by atoms with E-state index < -0.39 is 19.0 Å². The van der Waals surface area contributed by atoms with E-state index in [1.165, 1.54) is 30.6 Å². The van der Waals surface area contributed by atoms with Crippen molar-refractivity contribution in [3.63, 3.8) is 0 Å². The van der Waals surface area contributed by atoms with Crippen LogP contribution in [-0.4, -0.2) is 27.1 Å². The van der Waals surface area contributed by atoms with E-state index in [0.717, 1.165) is 0 Å². The lowest BCUT2D eigenvalue weighted by molar-refractivity contribution is 0.216. The third kappa shape index (κ3) is 3.04. The van der Waals surface area contributed by atoms with Crippen molar-refractivity contribution in [3.05, 3.63) is 42.1 Å². The maximum absolute atomic E-state index is 13.6. The molecule has 8 heteroatoms. The molecule has 0 unspecified atom stereocenters. The highest BCUT2D eigenvalue weighted by molar-refractivity contribution is 6.58. The quantitative estimate of drug-likeness (QED) is 0.681. The highest BCUT2D eigenvalue weighted by Gasteiger charge is 2.18. The largest absolute Gasteiger partial charge is 0.490 e. The Morgan fingerprint density at radius 2 is 2.15 bits per heavy atom. The van der Waals surface area contributed by atoms with Crippen LogP contribution in [0.3, 0.4) is 0 Å². The van der Waals surface area contributed by atoms with Crippen LogP contribution >= 0.6 is 0 Å². The number of pyridine rings is 2. The Bertz CT molecular complexity index is 612. The molecule has 2 aromatic rings. The zero-order valence-electron chi connectivity index (χ0n) is 10.7. The van der Waals surface area contributed by atoms with Gasteiger partial charge in [0, 0.05) is 17.9 Å². The van der Waals surface area contributed by atoms with Crippen LogP contribution in [0, 0.1) is 5.82 Å². The van der Waals surface area contributed by atoms with Gasteiger partial charge in [0.1, 0.15) is 17.6 Å². The Labute approximate surface area is 115 Å². The number of nitrogens with two attached hydrogens (primary N) is 1. The van der Waals surface area contributed by atoms with Crippen LogP contribution in [0.25, 0.3) is 0 Å². The summed E-state index contributed by atoms with van der Waals surface area (Å²) in [4.78, 5) is 7.69. The summed E-state index contributed by atoms with van der Waals surface area (Å²) in [5.41, 5.74) is 5.89. The molecule has 0 aliphatic rings. The van der Waals surface area contributed by atoms with Gasteiger partial charge in [0.05, 0.1) is 0 Å². The van der Waals surface area contributed by atoms with Gasteiger partial charge in [-0.05, 0) is 25.1 Å². The molecule has 2 heterocycles. The number of anilines is 1. The lowest BCUT2D eigenvalue weighted by Gasteiger charge is -2.16. The highest BCUT2D eigenvalue weighted by Crippen LogP contribution is 2.24. The molecule has 0 saturated heterocycles. The standard InChI is InChI=1S/C12H13BFN3O3/c1-7(11-9(14)3-2-4-16-11)20-10-5-8(13(18)19)6-17-12(10)15/h2-7,18-19H,1H3,(H2,15,17)/t7-/m1/s1. The second kappa shape index (κ2) is 5.85. The summed E-state index contributed by atoms with van der Waals surface area (Å²) in [6, 6.07) is 4.09. The van der Waals surface area contributed by atoms with Gasteiger partial charge in [-0.3, -0.25) is 4.98 Å². The van der Waals surface area contributed by atoms with Gasteiger partial charge in [-0.1, -0.05) is 0 Å². The molecule has 0 radical (unpaired) electrons. The molecule has 0 amide bonds. The molecule has 0 aliphatic carbocycles. The highest BCUT2D eigenvalue weighted by atomic mass is 19.1. The van der Waals surface area contributed by atoms with Crippen molar-refractivity contribution in [2.24, 2.45) is 0 Å². The number of hydrogen-bond donors (Lipinski definition) is 3. The summed E-state index contributed by atoms with van der Waals surface area (Å²) in [6.45, 7) is 1.60. The number of aromatic nitrogens is 2. The molecule has 4 N–H and O–H groups in total. The summed E-state index contributed by atoms with van der Waals surface area (Å²) in [7, 11) is -1.69. The first kappa shape index (κ1) is 14.2. The average Bonchev–Trinajstić information content (AvgIpc) is 2.41. The molecule has 0 aliphatic heterocycles.